The van der Waals surface area contributed by atoms with Crippen molar-refractivity contribution < 1.29 is 31.5 Å². The molecule has 0 fully saturated rings. The van der Waals surface area contributed by atoms with Crippen molar-refractivity contribution in [3.05, 3.63) is 64.2 Å². The number of carbonyl (C=O) groups is 1. The second kappa shape index (κ2) is 9.17. The van der Waals surface area contributed by atoms with Crippen LogP contribution in [0.3, 0.4) is 0 Å². The number of aromatic carboxylic acids is 1. The normalized spacial score (nSPS) is 11.8. The summed E-state index contributed by atoms with van der Waals surface area (Å²) in [6.45, 7) is 1.51. The number of hydrogen-bond donors (Lipinski definition) is 2. The minimum atomic E-state index is -4.72. The number of rotatable bonds is 3. The number of hydrogen-bond acceptors (Lipinski definition) is 7. The van der Waals surface area contributed by atoms with Gasteiger partial charge in [0.2, 0.25) is 10.0 Å². The van der Waals surface area contributed by atoms with E-state index < -0.39 is 33.4 Å². The third kappa shape index (κ3) is 5.44. The first-order valence-corrected chi connectivity index (χ1v) is 11.6. The Morgan fingerprint density at radius 3 is 2.29 bits per heavy atom. The minimum Gasteiger partial charge on any atom is -0.477 e. The van der Waals surface area contributed by atoms with Crippen LogP contribution >= 0.6 is 22.9 Å². The van der Waals surface area contributed by atoms with Crippen LogP contribution in [0.1, 0.15) is 21.7 Å². The summed E-state index contributed by atoms with van der Waals surface area (Å²) in [6.07, 6.45) is -3.88. The summed E-state index contributed by atoms with van der Waals surface area (Å²) in [4.78, 5) is 18.7. The Hall–Kier alpha value is -3.27. The zero-order chi connectivity index (χ0) is 25.4. The summed E-state index contributed by atoms with van der Waals surface area (Å²) in [5, 5.41) is 17.8. The molecular weight excluding hydrogens is 521 g/mol. The zero-order valence-electron chi connectivity index (χ0n) is 16.8. The molecule has 1 aromatic carbocycles. The van der Waals surface area contributed by atoms with Gasteiger partial charge in [-0.3, -0.25) is 0 Å². The highest BCUT2D eigenvalue weighted by Gasteiger charge is 2.36. The number of aromatic nitrogens is 4. The summed E-state index contributed by atoms with van der Waals surface area (Å²) in [5.41, 5.74) is 5.77. The Kier molecular flexibility index (Phi) is 6.84. The molecule has 0 atom stereocenters. The van der Waals surface area contributed by atoms with E-state index in [1.807, 2.05) is 0 Å². The van der Waals surface area contributed by atoms with Gasteiger partial charge in [0.15, 0.2) is 11.3 Å². The van der Waals surface area contributed by atoms with Crippen molar-refractivity contribution in [1.82, 2.24) is 19.6 Å². The molecule has 16 heteroatoms. The SMILES string of the molecule is Cc1nc([NH-])sc1S(N)(=O)=O.O=C(O)c1cnn2c(C(F)(F)F)cc(-c3ccc(Cl)cc3)nc12. The highest BCUT2D eigenvalue weighted by molar-refractivity contribution is 7.91. The first-order valence-electron chi connectivity index (χ1n) is 8.85. The van der Waals surface area contributed by atoms with Gasteiger partial charge < -0.3 is 15.8 Å². The smallest absolute Gasteiger partial charge is 0.433 e. The molecule has 0 bridgehead atoms. The standard InChI is InChI=1S/C14H7ClF3N3O2.C4H6N3O2S2/c15-8-3-1-7(2-4-8)10-5-11(14(16,17)18)21-12(20-10)9(6-19-21)13(22)23;1-2-3(11(6,8)9)10-4(5)7-2/h1-6H,(H,22,23);1H3,(H3-,5,6,7,8,9)/q;-1. The van der Waals surface area contributed by atoms with Crippen molar-refractivity contribution in [2.45, 2.75) is 17.3 Å². The number of primary sulfonamides is 1. The van der Waals surface area contributed by atoms with Crippen molar-refractivity contribution in [2.75, 3.05) is 0 Å². The summed E-state index contributed by atoms with van der Waals surface area (Å²) >= 11 is 6.52. The maximum Gasteiger partial charge on any atom is 0.433 e. The Bertz CT molecular complexity index is 1480. The quantitative estimate of drug-likeness (QED) is 0.390. The molecule has 0 saturated heterocycles. The van der Waals surface area contributed by atoms with Gasteiger partial charge in [0.25, 0.3) is 0 Å². The number of halogens is 4. The molecule has 0 saturated carbocycles. The van der Waals surface area contributed by atoms with Crippen molar-refractivity contribution in [2.24, 2.45) is 5.14 Å². The number of aryl methyl sites for hydroxylation is 1. The molecule has 0 radical (unpaired) electrons. The van der Waals surface area contributed by atoms with Gasteiger partial charge in [-0.15, -0.1) is 11.3 Å². The van der Waals surface area contributed by atoms with Crippen molar-refractivity contribution in [1.29, 1.82) is 0 Å². The van der Waals surface area contributed by atoms with Crippen LogP contribution in [0, 0.1) is 6.92 Å². The van der Waals surface area contributed by atoms with Gasteiger partial charge in [-0.1, -0.05) is 23.7 Å². The summed E-state index contributed by atoms with van der Waals surface area (Å²) < 4.78 is 61.6. The van der Waals surface area contributed by atoms with Gasteiger partial charge in [0, 0.05) is 10.6 Å². The molecule has 10 nitrogen and oxygen atoms in total. The molecule has 34 heavy (non-hydrogen) atoms. The van der Waals surface area contributed by atoms with Gasteiger partial charge in [0.1, 0.15) is 9.77 Å². The van der Waals surface area contributed by atoms with Crippen LogP contribution in [0.5, 0.6) is 0 Å². The summed E-state index contributed by atoms with van der Waals surface area (Å²) in [5.74, 6) is -1.41. The average molecular weight is 534 g/mol. The number of sulfonamides is 1. The van der Waals surface area contributed by atoms with Gasteiger partial charge in [0.05, 0.1) is 11.9 Å². The number of carboxylic acids is 1. The maximum atomic E-state index is 13.2. The van der Waals surface area contributed by atoms with Crippen LogP contribution in [-0.4, -0.2) is 39.1 Å². The Morgan fingerprint density at radius 2 is 1.85 bits per heavy atom. The van der Waals surface area contributed by atoms with E-state index in [2.05, 4.69) is 15.1 Å². The van der Waals surface area contributed by atoms with Crippen LogP contribution < -0.4 is 5.14 Å². The van der Waals surface area contributed by atoms with Crippen LogP contribution in [0.4, 0.5) is 18.3 Å². The minimum absolute atomic E-state index is 0.0236. The second-order valence-electron chi connectivity index (χ2n) is 6.57. The number of alkyl halides is 3. The second-order valence-corrected chi connectivity index (χ2v) is 9.76. The van der Waals surface area contributed by atoms with E-state index in [1.54, 1.807) is 0 Å². The Labute approximate surface area is 198 Å². The van der Waals surface area contributed by atoms with Gasteiger partial charge in [-0.25, -0.2) is 27.9 Å². The number of fused-ring (bicyclic) bond motifs is 1. The van der Waals surface area contributed by atoms with Crippen molar-refractivity contribution >= 4 is 49.7 Å². The summed E-state index contributed by atoms with van der Waals surface area (Å²) in [6, 6.07) is 6.82. The van der Waals surface area contributed by atoms with Crippen LogP contribution in [-0.2, 0) is 16.2 Å². The van der Waals surface area contributed by atoms with Crippen molar-refractivity contribution in [3.8, 4) is 11.3 Å². The van der Waals surface area contributed by atoms with Crippen LogP contribution in [0.15, 0.2) is 40.7 Å². The van der Waals surface area contributed by atoms with Gasteiger partial charge in [-0.05, 0) is 35.9 Å². The molecule has 3 heterocycles. The predicted molar refractivity (Wildman–Crippen MR) is 118 cm³/mol. The maximum absolute atomic E-state index is 13.2. The van der Waals surface area contributed by atoms with E-state index in [0.717, 1.165) is 23.6 Å². The van der Waals surface area contributed by atoms with E-state index in [4.69, 9.17) is 27.6 Å². The van der Waals surface area contributed by atoms with E-state index in [0.29, 0.717) is 20.8 Å². The number of benzene rings is 1. The number of nitrogens with two attached hydrogens (primary N) is 1. The molecular formula is C18H13ClF3N6O4S2-. The molecule has 4 rings (SSSR count). The number of nitrogens with one attached hydrogen (secondary N) is 1. The molecule has 3 aromatic heterocycles. The first-order chi connectivity index (χ1) is 15.7. The fourth-order valence-electron chi connectivity index (χ4n) is 2.73. The molecule has 0 unspecified atom stereocenters. The number of nitrogens with zero attached hydrogens (tertiary/aromatic N) is 4. The third-order valence-corrected chi connectivity index (χ3v) is 6.92. The van der Waals surface area contributed by atoms with E-state index in [-0.39, 0.29) is 20.7 Å². The fourth-order valence-corrected chi connectivity index (χ4v) is 4.57. The van der Waals surface area contributed by atoms with E-state index >= 15 is 0 Å². The number of carboxylic acid groups (broad SMARTS) is 1. The third-order valence-electron chi connectivity index (χ3n) is 4.15. The molecule has 180 valence electrons. The largest absolute Gasteiger partial charge is 0.477 e. The van der Waals surface area contributed by atoms with Gasteiger partial charge in [-0.2, -0.15) is 18.3 Å². The molecule has 4 aromatic rings. The number of thiazole rings is 1. The Balaban J connectivity index is 0.000000248. The first kappa shape index (κ1) is 25.4. The van der Waals surface area contributed by atoms with E-state index in [1.165, 1.54) is 31.2 Å². The highest BCUT2D eigenvalue weighted by atomic mass is 35.5. The molecule has 0 spiro atoms. The Morgan fingerprint density at radius 1 is 1.24 bits per heavy atom. The lowest BCUT2D eigenvalue weighted by Gasteiger charge is -2.11. The van der Waals surface area contributed by atoms with Crippen LogP contribution in [0.25, 0.3) is 22.6 Å². The molecule has 0 aliphatic heterocycles. The monoisotopic (exact) mass is 533 g/mol. The summed E-state index contributed by atoms with van der Waals surface area (Å²) in [7, 11) is -3.68. The molecule has 0 aliphatic rings. The topological polar surface area (TPSA) is 164 Å². The highest BCUT2D eigenvalue weighted by Crippen LogP contribution is 2.33. The average Bonchev–Trinajstić information content (AvgIpc) is 3.30. The lowest BCUT2D eigenvalue weighted by Crippen LogP contribution is -2.14. The predicted octanol–water partition coefficient (Wildman–Crippen LogP) is 4.55. The lowest BCUT2D eigenvalue weighted by molar-refractivity contribution is -0.142. The van der Waals surface area contributed by atoms with Crippen LogP contribution in [0.2, 0.25) is 5.02 Å². The molecule has 4 N–H and O–H groups in total. The van der Waals surface area contributed by atoms with Crippen molar-refractivity contribution in [3.63, 3.8) is 0 Å². The lowest BCUT2D eigenvalue weighted by atomic mass is 10.1. The van der Waals surface area contributed by atoms with Gasteiger partial charge >= 0.3 is 12.1 Å². The molecule has 0 amide bonds. The fraction of sp³-hybridized carbons (Fsp3) is 0.111. The zero-order valence-corrected chi connectivity index (χ0v) is 19.2. The van der Waals surface area contributed by atoms with E-state index in [9.17, 15) is 26.4 Å². The molecule has 0 aliphatic carbocycles.